The summed E-state index contributed by atoms with van der Waals surface area (Å²) < 4.78 is 11.2. The van der Waals surface area contributed by atoms with Crippen molar-refractivity contribution in [3.63, 3.8) is 0 Å². The van der Waals surface area contributed by atoms with E-state index < -0.39 is 0 Å². The fourth-order valence-corrected chi connectivity index (χ4v) is 0.257. The Kier molecular flexibility index (Phi) is 3.28. The predicted octanol–water partition coefficient (Wildman–Crippen LogP) is 0.672. The summed E-state index contributed by atoms with van der Waals surface area (Å²) in [5.74, 6) is 0.0673. The van der Waals surface area contributed by atoms with Gasteiger partial charge in [0.2, 0.25) is 0 Å². The number of alkyl halides is 1. The van der Waals surface area contributed by atoms with Crippen LogP contribution in [-0.4, -0.2) is 12.5 Å². The van der Waals surface area contributed by atoms with Gasteiger partial charge in [-0.05, 0) is 6.42 Å². The number of amidine groups is 1. The minimum atomic E-state index is -0.375. The number of hydrogen-bond acceptors (Lipinski definition) is 1. The largest absolute Gasteiger partial charge is 0.388 e. The third-order valence-electron chi connectivity index (χ3n) is 0.580. The van der Waals surface area contributed by atoms with E-state index in [1.165, 1.54) is 0 Å². The first-order valence-electron chi connectivity index (χ1n) is 2.16. The Bertz CT molecular complexity index is 62.7. The van der Waals surface area contributed by atoms with Crippen molar-refractivity contribution in [3.05, 3.63) is 0 Å². The molecule has 0 aliphatic rings. The van der Waals surface area contributed by atoms with E-state index in [0.29, 0.717) is 12.8 Å². The van der Waals surface area contributed by atoms with Crippen molar-refractivity contribution in [1.82, 2.24) is 0 Å². The highest BCUT2D eigenvalue weighted by molar-refractivity contribution is 5.76. The molecular formula is C4H9FN2. The maximum atomic E-state index is 11.2. The first-order valence-corrected chi connectivity index (χ1v) is 2.16. The molecule has 0 unspecified atom stereocenters. The third-order valence-corrected chi connectivity index (χ3v) is 0.580. The average molecular weight is 104 g/mol. The molecule has 7 heavy (non-hydrogen) atoms. The van der Waals surface area contributed by atoms with Crippen molar-refractivity contribution in [1.29, 1.82) is 5.41 Å². The average Bonchev–Trinajstić information content (AvgIpc) is 1.61. The van der Waals surface area contributed by atoms with Crippen molar-refractivity contribution < 1.29 is 4.39 Å². The topological polar surface area (TPSA) is 49.9 Å². The number of nitrogens with two attached hydrogens (primary N) is 1. The van der Waals surface area contributed by atoms with Crippen LogP contribution in [0, 0.1) is 5.41 Å². The molecule has 0 aromatic carbocycles. The summed E-state index contributed by atoms with van der Waals surface area (Å²) in [5, 5.41) is 6.61. The minimum Gasteiger partial charge on any atom is -0.388 e. The second-order valence-corrected chi connectivity index (χ2v) is 1.32. The van der Waals surface area contributed by atoms with E-state index in [0.717, 1.165) is 0 Å². The van der Waals surface area contributed by atoms with Crippen LogP contribution in [0.5, 0.6) is 0 Å². The van der Waals surface area contributed by atoms with Crippen LogP contribution < -0.4 is 5.73 Å². The molecule has 0 aromatic rings. The zero-order valence-electron chi connectivity index (χ0n) is 4.08. The summed E-state index contributed by atoms with van der Waals surface area (Å²) in [6.45, 7) is -0.375. The molecular weight excluding hydrogens is 95.1 g/mol. The molecule has 0 spiro atoms. The molecule has 0 heterocycles. The van der Waals surface area contributed by atoms with Crippen LogP contribution >= 0.6 is 0 Å². The highest BCUT2D eigenvalue weighted by Gasteiger charge is 1.85. The maximum absolute atomic E-state index is 11.2. The summed E-state index contributed by atoms with van der Waals surface area (Å²) in [7, 11) is 0. The Hall–Kier alpha value is -0.600. The van der Waals surface area contributed by atoms with Crippen LogP contribution in [0.4, 0.5) is 4.39 Å². The van der Waals surface area contributed by atoms with Gasteiger partial charge in [-0.3, -0.25) is 9.80 Å². The van der Waals surface area contributed by atoms with E-state index in [1.807, 2.05) is 0 Å². The van der Waals surface area contributed by atoms with E-state index in [9.17, 15) is 4.39 Å². The summed E-state index contributed by atoms with van der Waals surface area (Å²) >= 11 is 0. The van der Waals surface area contributed by atoms with Crippen LogP contribution in [0.2, 0.25) is 0 Å². The molecule has 0 radical (unpaired) electrons. The van der Waals surface area contributed by atoms with Gasteiger partial charge in [0.05, 0.1) is 12.5 Å². The van der Waals surface area contributed by atoms with Gasteiger partial charge in [0.1, 0.15) is 0 Å². The first kappa shape index (κ1) is 6.40. The quantitative estimate of drug-likeness (QED) is 0.401. The Labute approximate surface area is 42.0 Å². The highest BCUT2D eigenvalue weighted by atomic mass is 19.1. The van der Waals surface area contributed by atoms with Crippen LogP contribution in [0.15, 0.2) is 0 Å². The van der Waals surface area contributed by atoms with Gasteiger partial charge < -0.3 is 5.73 Å². The molecule has 0 fully saturated rings. The minimum absolute atomic E-state index is 0.0673. The molecule has 0 aliphatic carbocycles. The fourth-order valence-electron chi connectivity index (χ4n) is 0.257. The second-order valence-electron chi connectivity index (χ2n) is 1.32. The standard InChI is InChI=1S/C4H9FN2/c5-3-1-2-4(6)7/h1-3H2,(H3,6,7). The van der Waals surface area contributed by atoms with E-state index in [1.54, 1.807) is 0 Å². The van der Waals surface area contributed by atoms with Crippen molar-refractivity contribution in [2.24, 2.45) is 5.73 Å². The molecule has 0 bridgehead atoms. The van der Waals surface area contributed by atoms with Gasteiger partial charge in [0, 0.05) is 6.42 Å². The smallest absolute Gasteiger partial charge is 0.0906 e. The lowest BCUT2D eigenvalue weighted by Gasteiger charge is -1.88. The van der Waals surface area contributed by atoms with Crippen molar-refractivity contribution >= 4 is 5.84 Å². The van der Waals surface area contributed by atoms with Crippen LogP contribution in [0.3, 0.4) is 0 Å². The Balaban J connectivity index is 2.82. The molecule has 42 valence electrons. The molecule has 0 aliphatic heterocycles. The van der Waals surface area contributed by atoms with Gasteiger partial charge in [0.25, 0.3) is 0 Å². The predicted molar refractivity (Wildman–Crippen MR) is 27.1 cm³/mol. The van der Waals surface area contributed by atoms with E-state index in [2.05, 4.69) is 0 Å². The molecule has 0 aromatic heterocycles. The molecule has 3 N–H and O–H groups in total. The van der Waals surface area contributed by atoms with Gasteiger partial charge in [-0.1, -0.05) is 0 Å². The van der Waals surface area contributed by atoms with Crippen LogP contribution in [-0.2, 0) is 0 Å². The maximum Gasteiger partial charge on any atom is 0.0906 e. The van der Waals surface area contributed by atoms with Gasteiger partial charge in [0.15, 0.2) is 0 Å². The summed E-state index contributed by atoms with van der Waals surface area (Å²) in [6, 6.07) is 0. The van der Waals surface area contributed by atoms with Crippen LogP contribution in [0.25, 0.3) is 0 Å². The van der Waals surface area contributed by atoms with E-state index in [4.69, 9.17) is 11.1 Å². The zero-order chi connectivity index (χ0) is 5.70. The number of hydrogen-bond donors (Lipinski definition) is 2. The lowest BCUT2D eigenvalue weighted by Crippen LogP contribution is -2.08. The molecule has 0 saturated carbocycles. The van der Waals surface area contributed by atoms with E-state index >= 15 is 0 Å². The molecule has 0 rings (SSSR count). The normalized spacial score (nSPS) is 8.71. The van der Waals surface area contributed by atoms with Gasteiger partial charge in [-0.25, -0.2) is 0 Å². The van der Waals surface area contributed by atoms with Crippen molar-refractivity contribution in [2.45, 2.75) is 12.8 Å². The number of rotatable bonds is 3. The van der Waals surface area contributed by atoms with E-state index in [-0.39, 0.29) is 12.5 Å². The summed E-state index contributed by atoms with van der Waals surface area (Å²) in [5.41, 5.74) is 4.90. The molecule has 0 saturated heterocycles. The monoisotopic (exact) mass is 104 g/mol. The van der Waals surface area contributed by atoms with Crippen molar-refractivity contribution in [2.75, 3.05) is 6.67 Å². The lowest BCUT2D eigenvalue weighted by molar-refractivity contribution is 0.478. The SMILES string of the molecule is N=C(N)CCCF. The Morgan fingerprint density at radius 1 is 1.71 bits per heavy atom. The van der Waals surface area contributed by atoms with Crippen molar-refractivity contribution in [3.8, 4) is 0 Å². The zero-order valence-corrected chi connectivity index (χ0v) is 4.08. The molecule has 0 amide bonds. The molecule has 2 nitrogen and oxygen atoms in total. The van der Waals surface area contributed by atoms with Gasteiger partial charge in [-0.2, -0.15) is 0 Å². The fraction of sp³-hybridized carbons (Fsp3) is 0.750. The lowest BCUT2D eigenvalue weighted by atomic mass is 10.3. The van der Waals surface area contributed by atoms with Gasteiger partial charge in [-0.15, -0.1) is 0 Å². The molecule has 0 atom stereocenters. The first-order chi connectivity index (χ1) is 3.27. The van der Waals surface area contributed by atoms with Gasteiger partial charge >= 0.3 is 0 Å². The Morgan fingerprint density at radius 2 is 2.29 bits per heavy atom. The third kappa shape index (κ3) is 5.40. The van der Waals surface area contributed by atoms with Crippen LogP contribution in [0.1, 0.15) is 12.8 Å². The second kappa shape index (κ2) is 3.59. The molecule has 3 heteroatoms. The summed E-state index contributed by atoms with van der Waals surface area (Å²) in [4.78, 5) is 0. The Morgan fingerprint density at radius 3 is 2.43 bits per heavy atom. The number of nitrogens with one attached hydrogen (secondary N) is 1. The highest BCUT2D eigenvalue weighted by Crippen LogP contribution is 1.85. The summed E-state index contributed by atoms with van der Waals surface area (Å²) in [6.07, 6.45) is 0.770. The number of halogens is 1.